The zero-order valence-electron chi connectivity index (χ0n) is 12.3. The molecule has 114 valence electrons. The first kappa shape index (κ1) is 15.5. The highest BCUT2D eigenvalue weighted by Gasteiger charge is 2.36. The van der Waals surface area contributed by atoms with E-state index in [0.717, 1.165) is 5.75 Å². The van der Waals surface area contributed by atoms with Gasteiger partial charge in [0.2, 0.25) is 0 Å². The number of ether oxygens (including phenoxy) is 2. The van der Waals surface area contributed by atoms with Gasteiger partial charge in [-0.2, -0.15) is 0 Å². The molecule has 0 bridgehead atoms. The number of hydrogen-bond acceptors (Lipinski definition) is 3. The number of morpholine rings is 1. The van der Waals surface area contributed by atoms with E-state index in [4.69, 9.17) is 9.47 Å². The van der Waals surface area contributed by atoms with Gasteiger partial charge in [0, 0.05) is 6.54 Å². The standard InChI is InChI=1S/C16H20FNO3/c1-12(17)15(19)18-9-14(21-16(2,3)11-18)10-20-13-7-5-4-6-8-13/h4-8,14H,1,9-11H2,2-3H3. The molecule has 1 aliphatic rings. The van der Waals surface area contributed by atoms with Crippen molar-refractivity contribution in [2.75, 3.05) is 19.7 Å². The van der Waals surface area contributed by atoms with E-state index >= 15 is 0 Å². The van der Waals surface area contributed by atoms with E-state index in [1.807, 2.05) is 44.2 Å². The van der Waals surface area contributed by atoms with Gasteiger partial charge in [0.25, 0.3) is 5.91 Å². The molecule has 5 heteroatoms. The molecular formula is C16H20FNO3. The quantitative estimate of drug-likeness (QED) is 0.801. The maximum atomic E-state index is 13.1. The van der Waals surface area contributed by atoms with Gasteiger partial charge in [0.15, 0.2) is 5.83 Å². The van der Waals surface area contributed by atoms with Crippen LogP contribution in [0.1, 0.15) is 13.8 Å². The monoisotopic (exact) mass is 293 g/mol. The molecular weight excluding hydrogens is 273 g/mol. The van der Waals surface area contributed by atoms with Crippen LogP contribution < -0.4 is 4.74 Å². The minimum absolute atomic E-state index is 0.290. The van der Waals surface area contributed by atoms with Crippen molar-refractivity contribution in [2.45, 2.75) is 25.6 Å². The van der Waals surface area contributed by atoms with Gasteiger partial charge < -0.3 is 14.4 Å². The predicted octanol–water partition coefficient (Wildman–Crippen LogP) is 2.55. The number of carbonyl (C=O) groups excluding carboxylic acids is 1. The number of hydrogen-bond donors (Lipinski definition) is 0. The lowest BCUT2D eigenvalue weighted by Crippen LogP contribution is -2.56. The van der Waals surface area contributed by atoms with E-state index in [1.54, 1.807) is 0 Å². The van der Waals surface area contributed by atoms with Crippen LogP contribution in [0, 0.1) is 0 Å². The van der Waals surface area contributed by atoms with Crippen molar-refractivity contribution in [3.63, 3.8) is 0 Å². The van der Waals surface area contributed by atoms with Crippen LogP contribution in [0.15, 0.2) is 42.7 Å². The molecule has 1 heterocycles. The summed E-state index contributed by atoms with van der Waals surface area (Å²) in [5.41, 5.74) is -0.548. The summed E-state index contributed by atoms with van der Waals surface area (Å²) in [6, 6.07) is 9.36. The third-order valence-electron chi connectivity index (χ3n) is 3.18. The van der Waals surface area contributed by atoms with Gasteiger partial charge in [-0.05, 0) is 26.0 Å². The van der Waals surface area contributed by atoms with Crippen molar-refractivity contribution in [3.8, 4) is 5.75 Å². The van der Waals surface area contributed by atoms with Crippen LogP contribution in [0.2, 0.25) is 0 Å². The number of amides is 1. The fourth-order valence-corrected chi connectivity index (χ4v) is 2.41. The molecule has 1 aromatic rings. The lowest BCUT2D eigenvalue weighted by molar-refractivity contribution is -0.163. The molecule has 1 unspecified atom stereocenters. The average Bonchev–Trinajstić information content (AvgIpc) is 2.43. The molecule has 1 aromatic carbocycles. The normalized spacial score (nSPS) is 20.9. The molecule has 4 nitrogen and oxygen atoms in total. The zero-order chi connectivity index (χ0) is 15.5. The predicted molar refractivity (Wildman–Crippen MR) is 77.7 cm³/mol. The smallest absolute Gasteiger partial charge is 0.282 e. The molecule has 21 heavy (non-hydrogen) atoms. The molecule has 1 saturated heterocycles. The van der Waals surface area contributed by atoms with Crippen molar-refractivity contribution in [1.29, 1.82) is 0 Å². The Hall–Kier alpha value is -1.88. The van der Waals surface area contributed by atoms with Gasteiger partial charge >= 0.3 is 0 Å². The Balaban J connectivity index is 1.99. The lowest BCUT2D eigenvalue weighted by atomic mass is 10.1. The van der Waals surface area contributed by atoms with Crippen molar-refractivity contribution < 1.29 is 18.7 Å². The third kappa shape index (κ3) is 4.29. The number of carbonyl (C=O) groups is 1. The SMILES string of the molecule is C=C(F)C(=O)N1CC(COc2ccccc2)OC(C)(C)C1. The Morgan fingerprint density at radius 1 is 1.48 bits per heavy atom. The molecule has 0 N–H and O–H groups in total. The summed E-state index contributed by atoms with van der Waals surface area (Å²) in [5.74, 6) is -0.899. The maximum Gasteiger partial charge on any atom is 0.282 e. The summed E-state index contributed by atoms with van der Waals surface area (Å²) >= 11 is 0. The highest BCUT2D eigenvalue weighted by molar-refractivity contribution is 5.90. The van der Waals surface area contributed by atoms with Crippen molar-refractivity contribution in [3.05, 3.63) is 42.7 Å². The minimum Gasteiger partial charge on any atom is -0.491 e. The van der Waals surface area contributed by atoms with Crippen LogP contribution in [0.5, 0.6) is 5.75 Å². The first-order valence-corrected chi connectivity index (χ1v) is 6.87. The number of rotatable bonds is 4. The highest BCUT2D eigenvalue weighted by atomic mass is 19.1. The largest absolute Gasteiger partial charge is 0.491 e. The topological polar surface area (TPSA) is 38.8 Å². The van der Waals surface area contributed by atoms with Crippen LogP contribution in [0.4, 0.5) is 4.39 Å². The number of para-hydroxylation sites is 1. The number of halogens is 1. The zero-order valence-corrected chi connectivity index (χ0v) is 12.3. The Kier molecular flexibility index (Phi) is 4.63. The molecule has 1 amide bonds. The van der Waals surface area contributed by atoms with Crippen LogP contribution in [0.25, 0.3) is 0 Å². The average molecular weight is 293 g/mol. The molecule has 1 aliphatic heterocycles. The van der Waals surface area contributed by atoms with Gasteiger partial charge in [0.1, 0.15) is 18.5 Å². The molecule has 2 rings (SSSR count). The Morgan fingerprint density at radius 2 is 2.14 bits per heavy atom. The van der Waals surface area contributed by atoms with Crippen molar-refractivity contribution in [1.82, 2.24) is 4.90 Å². The summed E-state index contributed by atoms with van der Waals surface area (Å²) in [6.45, 7) is 7.72. The fraction of sp³-hybridized carbons (Fsp3) is 0.438. The maximum absolute atomic E-state index is 13.1. The summed E-state index contributed by atoms with van der Waals surface area (Å²) in [7, 11) is 0. The van der Waals surface area contributed by atoms with E-state index in [-0.39, 0.29) is 12.6 Å². The second-order valence-electron chi connectivity index (χ2n) is 5.71. The summed E-state index contributed by atoms with van der Waals surface area (Å²) in [6.07, 6.45) is -0.308. The van der Waals surface area contributed by atoms with Gasteiger partial charge in [-0.1, -0.05) is 24.8 Å². The summed E-state index contributed by atoms with van der Waals surface area (Å²) in [4.78, 5) is 13.2. The first-order chi connectivity index (χ1) is 9.87. The van der Waals surface area contributed by atoms with E-state index in [1.165, 1.54) is 4.90 Å². The van der Waals surface area contributed by atoms with E-state index in [9.17, 15) is 9.18 Å². The van der Waals surface area contributed by atoms with Gasteiger partial charge in [-0.3, -0.25) is 4.79 Å². The van der Waals surface area contributed by atoms with Crippen molar-refractivity contribution >= 4 is 5.91 Å². The number of benzene rings is 1. The molecule has 1 atom stereocenters. The summed E-state index contributed by atoms with van der Waals surface area (Å²) in [5, 5.41) is 0. The first-order valence-electron chi connectivity index (χ1n) is 6.87. The van der Waals surface area contributed by atoms with Crippen molar-refractivity contribution in [2.24, 2.45) is 0 Å². The van der Waals surface area contributed by atoms with Gasteiger partial charge in [-0.25, -0.2) is 4.39 Å². The van der Waals surface area contributed by atoms with Crippen LogP contribution in [-0.2, 0) is 9.53 Å². The second kappa shape index (κ2) is 6.26. The third-order valence-corrected chi connectivity index (χ3v) is 3.18. The van der Waals surface area contributed by atoms with E-state index < -0.39 is 17.3 Å². The fourth-order valence-electron chi connectivity index (χ4n) is 2.41. The number of nitrogens with zero attached hydrogens (tertiary/aromatic N) is 1. The Labute approximate surface area is 124 Å². The highest BCUT2D eigenvalue weighted by Crippen LogP contribution is 2.23. The minimum atomic E-state index is -0.949. The molecule has 0 saturated carbocycles. The molecule has 0 radical (unpaired) electrons. The van der Waals surface area contributed by atoms with E-state index in [2.05, 4.69) is 6.58 Å². The van der Waals surface area contributed by atoms with Gasteiger partial charge in [-0.15, -0.1) is 0 Å². The van der Waals surface area contributed by atoms with Gasteiger partial charge in [0.05, 0.1) is 12.1 Å². The lowest BCUT2D eigenvalue weighted by Gasteiger charge is -2.42. The Morgan fingerprint density at radius 3 is 2.76 bits per heavy atom. The summed E-state index contributed by atoms with van der Waals surface area (Å²) < 4.78 is 24.6. The van der Waals surface area contributed by atoms with Crippen LogP contribution >= 0.6 is 0 Å². The second-order valence-corrected chi connectivity index (χ2v) is 5.71. The van der Waals surface area contributed by atoms with Crippen LogP contribution in [0.3, 0.4) is 0 Å². The molecule has 1 fully saturated rings. The molecule has 0 aromatic heterocycles. The molecule has 0 aliphatic carbocycles. The van der Waals surface area contributed by atoms with E-state index in [0.29, 0.717) is 13.2 Å². The van der Waals surface area contributed by atoms with Crippen LogP contribution in [-0.4, -0.2) is 42.2 Å². The molecule has 0 spiro atoms. The Bertz CT molecular complexity index is 516.